The van der Waals surface area contributed by atoms with Gasteiger partial charge in [0.25, 0.3) is 0 Å². The zero-order chi connectivity index (χ0) is 15.0. The van der Waals surface area contributed by atoms with Crippen LogP contribution in [0.4, 0.5) is 4.79 Å². The number of nitrogens with one attached hydrogen (secondary N) is 1. The van der Waals surface area contributed by atoms with Gasteiger partial charge in [-0.25, -0.2) is 9.59 Å². The maximum absolute atomic E-state index is 11.8. The molecule has 6 heteroatoms. The SMILES string of the molecule is COCCCN(C)C(=O)NCc1cccc(C(=O)O)c1. The highest BCUT2D eigenvalue weighted by molar-refractivity contribution is 5.87. The fourth-order valence-electron chi connectivity index (χ4n) is 1.67. The molecule has 0 aliphatic rings. The van der Waals surface area contributed by atoms with Gasteiger partial charge in [-0.2, -0.15) is 0 Å². The van der Waals surface area contributed by atoms with Gasteiger partial charge in [-0.15, -0.1) is 0 Å². The van der Waals surface area contributed by atoms with Gasteiger partial charge in [0.05, 0.1) is 5.56 Å². The van der Waals surface area contributed by atoms with Crippen LogP contribution >= 0.6 is 0 Å². The van der Waals surface area contributed by atoms with Gasteiger partial charge in [0.2, 0.25) is 0 Å². The van der Waals surface area contributed by atoms with Crippen LogP contribution in [0.5, 0.6) is 0 Å². The fraction of sp³-hybridized carbons (Fsp3) is 0.429. The van der Waals surface area contributed by atoms with Crippen LogP contribution < -0.4 is 5.32 Å². The number of carboxylic acid groups (broad SMARTS) is 1. The van der Waals surface area contributed by atoms with E-state index in [-0.39, 0.29) is 11.6 Å². The standard InChI is InChI=1S/C14H20N2O4/c1-16(7-4-8-20-2)14(19)15-10-11-5-3-6-12(9-11)13(17)18/h3,5-6,9H,4,7-8,10H2,1-2H3,(H,15,19)(H,17,18). The van der Waals surface area contributed by atoms with E-state index in [1.54, 1.807) is 37.3 Å². The van der Waals surface area contributed by atoms with Gasteiger partial charge >= 0.3 is 12.0 Å². The van der Waals surface area contributed by atoms with E-state index in [0.29, 0.717) is 19.7 Å². The summed E-state index contributed by atoms with van der Waals surface area (Å²) < 4.78 is 4.92. The number of hydrogen-bond donors (Lipinski definition) is 2. The molecule has 1 aromatic rings. The van der Waals surface area contributed by atoms with Gasteiger partial charge in [0, 0.05) is 33.9 Å². The third-order valence-corrected chi connectivity index (χ3v) is 2.81. The van der Waals surface area contributed by atoms with Crippen molar-refractivity contribution in [2.45, 2.75) is 13.0 Å². The van der Waals surface area contributed by atoms with Gasteiger partial charge in [0.1, 0.15) is 0 Å². The molecule has 2 N–H and O–H groups in total. The molecular weight excluding hydrogens is 260 g/mol. The number of carboxylic acids is 1. The number of carbonyl (C=O) groups excluding carboxylic acids is 1. The van der Waals surface area contributed by atoms with Gasteiger partial charge in [-0.05, 0) is 24.1 Å². The first-order valence-corrected chi connectivity index (χ1v) is 6.34. The molecule has 20 heavy (non-hydrogen) atoms. The van der Waals surface area contributed by atoms with Crippen molar-refractivity contribution in [3.63, 3.8) is 0 Å². The number of aromatic carboxylic acids is 1. The van der Waals surface area contributed by atoms with Gasteiger partial charge < -0.3 is 20.1 Å². The molecule has 6 nitrogen and oxygen atoms in total. The van der Waals surface area contributed by atoms with Crippen molar-refractivity contribution < 1.29 is 19.4 Å². The average Bonchev–Trinajstić information content (AvgIpc) is 2.45. The molecule has 2 amide bonds. The Morgan fingerprint density at radius 1 is 1.40 bits per heavy atom. The number of rotatable bonds is 7. The number of amides is 2. The first-order valence-electron chi connectivity index (χ1n) is 6.34. The molecule has 0 spiro atoms. The first-order chi connectivity index (χ1) is 9.54. The lowest BCUT2D eigenvalue weighted by Crippen LogP contribution is -2.37. The number of ether oxygens (including phenoxy) is 1. The Bertz CT molecular complexity index is 462. The van der Waals surface area contributed by atoms with Gasteiger partial charge in [-0.1, -0.05) is 12.1 Å². The summed E-state index contributed by atoms with van der Waals surface area (Å²) in [4.78, 5) is 24.2. The van der Waals surface area contributed by atoms with Crippen molar-refractivity contribution in [3.05, 3.63) is 35.4 Å². The Hall–Kier alpha value is -2.08. The molecule has 0 aliphatic carbocycles. The Balaban J connectivity index is 2.44. The van der Waals surface area contributed by atoms with Gasteiger partial charge in [0.15, 0.2) is 0 Å². The summed E-state index contributed by atoms with van der Waals surface area (Å²) in [5, 5.41) is 11.6. The van der Waals surface area contributed by atoms with E-state index in [9.17, 15) is 9.59 Å². The molecule has 0 atom stereocenters. The second kappa shape index (κ2) is 8.16. The maximum atomic E-state index is 11.8. The molecule has 0 bridgehead atoms. The molecule has 0 aromatic heterocycles. The van der Waals surface area contributed by atoms with Crippen LogP contribution in [0, 0.1) is 0 Å². The largest absolute Gasteiger partial charge is 0.478 e. The summed E-state index contributed by atoms with van der Waals surface area (Å²) in [6, 6.07) is 6.31. The van der Waals surface area contributed by atoms with E-state index < -0.39 is 5.97 Å². The number of benzene rings is 1. The third-order valence-electron chi connectivity index (χ3n) is 2.81. The predicted molar refractivity (Wildman–Crippen MR) is 74.8 cm³/mol. The van der Waals surface area contributed by atoms with Crippen LogP contribution in [0.15, 0.2) is 24.3 Å². The summed E-state index contributed by atoms with van der Waals surface area (Å²) in [5.74, 6) is -0.977. The lowest BCUT2D eigenvalue weighted by atomic mass is 10.1. The minimum atomic E-state index is -0.977. The van der Waals surface area contributed by atoms with E-state index in [0.717, 1.165) is 12.0 Å². The Morgan fingerprint density at radius 3 is 2.80 bits per heavy atom. The second-order valence-corrected chi connectivity index (χ2v) is 4.43. The molecule has 0 fully saturated rings. The Morgan fingerprint density at radius 2 is 2.15 bits per heavy atom. The first kappa shape index (κ1) is 16.0. The Labute approximate surface area is 118 Å². The van der Waals surface area contributed by atoms with Crippen LogP contribution in [0.2, 0.25) is 0 Å². The normalized spacial score (nSPS) is 10.1. The minimum absolute atomic E-state index is 0.193. The predicted octanol–water partition coefficient (Wildman–Crippen LogP) is 1.56. The summed E-state index contributed by atoms with van der Waals surface area (Å²) in [5.41, 5.74) is 0.966. The molecule has 0 heterocycles. The number of carbonyl (C=O) groups is 2. The lowest BCUT2D eigenvalue weighted by molar-refractivity contribution is 0.0696. The Kier molecular flexibility index (Phi) is 6.52. The summed E-state index contributed by atoms with van der Waals surface area (Å²) in [6.45, 7) is 1.52. The number of urea groups is 1. The number of nitrogens with zero attached hydrogens (tertiary/aromatic N) is 1. The number of hydrogen-bond acceptors (Lipinski definition) is 3. The summed E-state index contributed by atoms with van der Waals surface area (Å²) in [7, 11) is 3.33. The molecule has 0 radical (unpaired) electrons. The van der Waals surface area contributed by atoms with E-state index in [1.807, 2.05) is 0 Å². The van der Waals surface area contributed by atoms with Crippen LogP contribution in [-0.4, -0.2) is 49.3 Å². The van der Waals surface area contributed by atoms with E-state index in [1.165, 1.54) is 6.07 Å². The highest BCUT2D eigenvalue weighted by atomic mass is 16.5. The highest BCUT2D eigenvalue weighted by Gasteiger charge is 2.08. The lowest BCUT2D eigenvalue weighted by Gasteiger charge is -2.17. The summed E-state index contributed by atoms with van der Waals surface area (Å²) in [6.07, 6.45) is 0.773. The second-order valence-electron chi connectivity index (χ2n) is 4.43. The average molecular weight is 280 g/mol. The molecule has 0 saturated heterocycles. The van der Waals surface area contributed by atoms with Crippen LogP contribution in [0.3, 0.4) is 0 Å². The van der Waals surface area contributed by atoms with Crippen molar-refractivity contribution >= 4 is 12.0 Å². The van der Waals surface area contributed by atoms with Crippen LogP contribution in [0.25, 0.3) is 0 Å². The van der Waals surface area contributed by atoms with E-state index >= 15 is 0 Å². The molecule has 0 unspecified atom stereocenters. The van der Waals surface area contributed by atoms with Crippen LogP contribution in [-0.2, 0) is 11.3 Å². The van der Waals surface area contributed by atoms with Crippen molar-refractivity contribution in [1.29, 1.82) is 0 Å². The zero-order valence-corrected chi connectivity index (χ0v) is 11.8. The van der Waals surface area contributed by atoms with E-state index in [2.05, 4.69) is 5.32 Å². The molecule has 110 valence electrons. The highest BCUT2D eigenvalue weighted by Crippen LogP contribution is 2.05. The van der Waals surface area contributed by atoms with Crippen molar-refractivity contribution in [1.82, 2.24) is 10.2 Å². The van der Waals surface area contributed by atoms with Crippen molar-refractivity contribution in [2.75, 3.05) is 27.3 Å². The molecule has 1 rings (SSSR count). The molecular formula is C14H20N2O4. The van der Waals surface area contributed by atoms with Crippen molar-refractivity contribution in [2.24, 2.45) is 0 Å². The fourth-order valence-corrected chi connectivity index (χ4v) is 1.67. The monoisotopic (exact) mass is 280 g/mol. The molecule has 1 aromatic carbocycles. The van der Waals surface area contributed by atoms with E-state index in [4.69, 9.17) is 9.84 Å². The van der Waals surface area contributed by atoms with Crippen molar-refractivity contribution in [3.8, 4) is 0 Å². The molecule has 0 saturated carbocycles. The van der Waals surface area contributed by atoms with Crippen LogP contribution in [0.1, 0.15) is 22.3 Å². The third kappa shape index (κ3) is 5.27. The summed E-state index contributed by atoms with van der Waals surface area (Å²) >= 11 is 0. The smallest absolute Gasteiger partial charge is 0.335 e. The maximum Gasteiger partial charge on any atom is 0.335 e. The minimum Gasteiger partial charge on any atom is -0.478 e. The molecule has 0 aliphatic heterocycles. The quantitative estimate of drug-likeness (QED) is 0.743. The zero-order valence-electron chi connectivity index (χ0n) is 11.8. The topological polar surface area (TPSA) is 78.9 Å². The van der Waals surface area contributed by atoms with Gasteiger partial charge in [-0.3, -0.25) is 0 Å². The number of methoxy groups -OCH3 is 1.